The van der Waals surface area contributed by atoms with E-state index in [1.807, 2.05) is 25.1 Å². The van der Waals surface area contributed by atoms with Crippen LogP contribution in [0.5, 0.6) is 11.5 Å². The van der Waals surface area contributed by atoms with Crippen molar-refractivity contribution in [2.45, 2.75) is 26.1 Å². The first-order valence-electron chi connectivity index (χ1n) is 9.09. The van der Waals surface area contributed by atoms with E-state index in [2.05, 4.69) is 0 Å². The Bertz CT molecular complexity index is 854. The number of ether oxygens (including phenoxy) is 2. The molecule has 4 rings (SSSR count). The number of hydrogen-bond donors (Lipinski definition) is 0. The number of para-hydroxylation sites is 2. The summed E-state index contributed by atoms with van der Waals surface area (Å²) in [7, 11) is 0. The van der Waals surface area contributed by atoms with Crippen molar-refractivity contribution in [3.63, 3.8) is 0 Å². The third kappa shape index (κ3) is 3.25. The summed E-state index contributed by atoms with van der Waals surface area (Å²) >= 11 is 0. The molecule has 2 atom stereocenters. The van der Waals surface area contributed by atoms with E-state index in [0.29, 0.717) is 49.0 Å². The van der Waals surface area contributed by atoms with Crippen molar-refractivity contribution in [1.29, 1.82) is 0 Å². The maximum atomic E-state index is 12.9. The molecule has 1 aromatic heterocycles. The lowest BCUT2D eigenvalue weighted by Crippen LogP contribution is -2.56. The molecule has 2 aliphatic heterocycles. The van der Waals surface area contributed by atoms with Crippen LogP contribution in [0.1, 0.15) is 23.0 Å². The van der Waals surface area contributed by atoms with Gasteiger partial charge in [0.1, 0.15) is 11.9 Å². The summed E-state index contributed by atoms with van der Waals surface area (Å²) in [4.78, 5) is 29.0. The summed E-state index contributed by atoms with van der Waals surface area (Å²) in [6, 6.07) is 9.03. The topological polar surface area (TPSA) is 72.2 Å². The molecule has 2 amide bonds. The number of carbonyl (C=O) groups is 2. The van der Waals surface area contributed by atoms with Gasteiger partial charge >= 0.3 is 0 Å². The SMILES string of the molecule is Cc1occc1C(=O)N1CCN(C(=O)[C@H]2Oc3ccccc3O[C@@H]2C)CC1. The number of hydrogen-bond acceptors (Lipinski definition) is 5. The van der Waals surface area contributed by atoms with Gasteiger partial charge in [0.15, 0.2) is 11.5 Å². The minimum atomic E-state index is -0.682. The minimum absolute atomic E-state index is 0.0621. The molecule has 0 spiro atoms. The van der Waals surface area contributed by atoms with Crippen LogP contribution in [0.25, 0.3) is 0 Å². The van der Waals surface area contributed by atoms with Crippen LogP contribution in [0.4, 0.5) is 0 Å². The Morgan fingerprint density at radius 3 is 2.22 bits per heavy atom. The zero-order chi connectivity index (χ0) is 19.0. The van der Waals surface area contributed by atoms with Gasteiger partial charge in [0, 0.05) is 26.2 Å². The molecule has 2 aromatic rings. The number of furan rings is 1. The van der Waals surface area contributed by atoms with Crippen LogP contribution in [0.2, 0.25) is 0 Å². The highest BCUT2D eigenvalue weighted by atomic mass is 16.6. The zero-order valence-electron chi connectivity index (χ0n) is 15.4. The quantitative estimate of drug-likeness (QED) is 0.810. The Kier molecular flexibility index (Phi) is 4.51. The lowest BCUT2D eigenvalue weighted by molar-refractivity contribution is -0.145. The zero-order valence-corrected chi connectivity index (χ0v) is 15.4. The third-order valence-corrected chi connectivity index (χ3v) is 5.05. The van der Waals surface area contributed by atoms with Crippen LogP contribution < -0.4 is 9.47 Å². The molecule has 142 valence electrons. The fourth-order valence-electron chi connectivity index (χ4n) is 3.48. The van der Waals surface area contributed by atoms with Crippen molar-refractivity contribution in [2.24, 2.45) is 0 Å². The fourth-order valence-corrected chi connectivity index (χ4v) is 3.48. The van der Waals surface area contributed by atoms with Gasteiger partial charge in [-0.15, -0.1) is 0 Å². The number of piperazine rings is 1. The molecule has 0 radical (unpaired) electrons. The summed E-state index contributed by atoms with van der Waals surface area (Å²) in [5.74, 6) is 1.67. The van der Waals surface area contributed by atoms with Gasteiger partial charge in [0.25, 0.3) is 11.8 Å². The maximum Gasteiger partial charge on any atom is 0.267 e. The van der Waals surface area contributed by atoms with Crippen molar-refractivity contribution in [3.05, 3.63) is 47.9 Å². The van der Waals surface area contributed by atoms with Crippen molar-refractivity contribution in [1.82, 2.24) is 9.80 Å². The number of rotatable bonds is 2. The van der Waals surface area contributed by atoms with Gasteiger partial charge in [-0.25, -0.2) is 0 Å². The van der Waals surface area contributed by atoms with Crippen LogP contribution in [0, 0.1) is 6.92 Å². The molecule has 7 nitrogen and oxygen atoms in total. The smallest absolute Gasteiger partial charge is 0.267 e. The van der Waals surface area contributed by atoms with Crippen molar-refractivity contribution in [2.75, 3.05) is 26.2 Å². The summed E-state index contributed by atoms with van der Waals surface area (Å²) in [6.07, 6.45) is 0.459. The average molecular weight is 370 g/mol. The highest BCUT2D eigenvalue weighted by molar-refractivity contribution is 5.95. The Morgan fingerprint density at radius 1 is 0.963 bits per heavy atom. The molecule has 1 saturated heterocycles. The second-order valence-electron chi connectivity index (χ2n) is 6.82. The predicted molar refractivity (Wildman–Crippen MR) is 96.9 cm³/mol. The lowest BCUT2D eigenvalue weighted by Gasteiger charge is -2.38. The minimum Gasteiger partial charge on any atom is -0.482 e. The molecule has 0 saturated carbocycles. The van der Waals surface area contributed by atoms with Gasteiger partial charge < -0.3 is 23.7 Å². The molecule has 0 aliphatic carbocycles. The fraction of sp³-hybridized carbons (Fsp3) is 0.400. The largest absolute Gasteiger partial charge is 0.482 e. The van der Waals surface area contributed by atoms with Crippen LogP contribution in [-0.2, 0) is 4.79 Å². The second-order valence-corrected chi connectivity index (χ2v) is 6.82. The molecule has 1 fully saturated rings. The predicted octanol–water partition coefficient (Wildman–Crippen LogP) is 2.10. The molecule has 0 N–H and O–H groups in total. The number of aryl methyl sites for hydroxylation is 1. The highest BCUT2D eigenvalue weighted by Gasteiger charge is 2.38. The van der Waals surface area contributed by atoms with Crippen LogP contribution >= 0.6 is 0 Å². The number of carbonyl (C=O) groups excluding carboxylic acids is 2. The van der Waals surface area contributed by atoms with Gasteiger partial charge in [-0.1, -0.05) is 12.1 Å². The van der Waals surface area contributed by atoms with Crippen molar-refractivity contribution < 1.29 is 23.5 Å². The highest BCUT2D eigenvalue weighted by Crippen LogP contribution is 2.34. The maximum absolute atomic E-state index is 12.9. The molecule has 1 aromatic carbocycles. The van der Waals surface area contributed by atoms with Gasteiger partial charge in [-0.2, -0.15) is 0 Å². The molecule has 0 unspecified atom stereocenters. The molecule has 3 heterocycles. The first-order chi connectivity index (χ1) is 13.0. The number of fused-ring (bicyclic) bond motifs is 1. The Labute approximate surface area is 157 Å². The third-order valence-electron chi connectivity index (χ3n) is 5.05. The first-order valence-corrected chi connectivity index (χ1v) is 9.09. The van der Waals surface area contributed by atoms with Gasteiger partial charge in [0.05, 0.1) is 11.8 Å². The van der Waals surface area contributed by atoms with Crippen LogP contribution in [0.3, 0.4) is 0 Å². The van der Waals surface area contributed by atoms with E-state index < -0.39 is 6.10 Å². The summed E-state index contributed by atoms with van der Waals surface area (Å²) in [5, 5.41) is 0. The van der Waals surface area contributed by atoms with Crippen molar-refractivity contribution in [3.8, 4) is 11.5 Å². The summed E-state index contributed by atoms with van der Waals surface area (Å²) < 4.78 is 16.9. The first kappa shape index (κ1) is 17.5. The normalized spacial score (nSPS) is 21.9. The number of amides is 2. The number of nitrogens with zero attached hydrogens (tertiary/aromatic N) is 2. The lowest BCUT2D eigenvalue weighted by atomic mass is 10.1. The Hall–Kier alpha value is -2.96. The Balaban J connectivity index is 1.39. The number of benzene rings is 1. The summed E-state index contributed by atoms with van der Waals surface area (Å²) in [6.45, 7) is 5.50. The monoisotopic (exact) mass is 370 g/mol. The van der Waals surface area contributed by atoms with Gasteiger partial charge in [-0.05, 0) is 32.0 Å². The molecular formula is C20H22N2O5. The van der Waals surface area contributed by atoms with Gasteiger partial charge in [0.2, 0.25) is 6.10 Å². The average Bonchev–Trinajstić information content (AvgIpc) is 3.12. The van der Waals surface area contributed by atoms with Gasteiger partial charge in [-0.3, -0.25) is 9.59 Å². The molecule has 27 heavy (non-hydrogen) atoms. The molecule has 7 heteroatoms. The van der Waals surface area contributed by atoms with E-state index in [-0.39, 0.29) is 17.9 Å². The van der Waals surface area contributed by atoms with E-state index in [1.54, 1.807) is 28.9 Å². The van der Waals surface area contributed by atoms with Crippen molar-refractivity contribution >= 4 is 11.8 Å². The van der Waals surface area contributed by atoms with E-state index in [1.165, 1.54) is 6.26 Å². The molecule has 0 bridgehead atoms. The van der Waals surface area contributed by atoms with E-state index in [4.69, 9.17) is 13.9 Å². The van der Waals surface area contributed by atoms with E-state index in [9.17, 15) is 9.59 Å². The molecule has 2 aliphatic rings. The van der Waals surface area contributed by atoms with E-state index >= 15 is 0 Å². The van der Waals surface area contributed by atoms with Crippen LogP contribution in [-0.4, -0.2) is 60.0 Å². The summed E-state index contributed by atoms with van der Waals surface area (Å²) in [5.41, 5.74) is 0.573. The van der Waals surface area contributed by atoms with Crippen LogP contribution in [0.15, 0.2) is 41.0 Å². The Morgan fingerprint density at radius 2 is 1.59 bits per heavy atom. The second kappa shape index (κ2) is 6.98. The molecular weight excluding hydrogens is 348 g/mol. The standard InChI is InChI=1S/C20H22N2O5/c1-13-15(7-12-25-13)19(23)21-8-10-22(11-9-21)20(24)18-14(2)26-16-5-3-4-6-17(16)27-18/h3-7,12,14,18H,8-11H2,1-2H3/t14-,18+/m1/s1. The van der Waals surface area contributed by atoms with E-state index in [0.717, 1.165) is 0 Å².